The highest BCUT2D eigenvalue weighted by Gasteiger charge is 2.14. The summed E-state index contributed by atoms with van der Waals surface area (Å²) in [6.45, 7) is 2.35. The van der Waals surface area contributed by atoms with E-state index in [4.69, 9.17) is 10.5 Å². The summed E-state index contributed by atoms with van der Waals surface area (Å²) in [6.07, 6.45) is 1.67. The van der Waals surface area contributed by atoms with Gasteiger partial charge in [0.15, 0.2) is 5.78 Å². The van der Waals surface area contributed by atoms with Crippen LogP contribution in [-0.4, -0.2) is 27.9 Å². The van der Waals surface area contributed by atoms with E-state index in [0.717, 1.165) is 5.56 Å². The molecule has 0 atom stereocenters. The van der Waals surface area contributed by atoms with Crippen LogP contribution in [0.2, 0.25) is 0 Å². The fourth-order valence-corrected chi connectivity index (χ4v) is 1.78. The Kier molecular flexibility index (Phi) is 3.91. The van der Waals surface area contributed by atoms with E-state index in [1.54, 1.807) is 19.4 Å². The second-order valence-electron chi connectivity index (χ2n) is 4.24. The third-order valence-corrected chi connectivity index (χ3v) is 2.76. The summed E-state index contributed by atoms with van der Waals surface area (Å²) in [4.78, 5) is 12.2. The average molecular weight is 260 g/mol. The van der Waals surface area contributed by atoms with Crippen molar-refractivity contribution in [3.63, 3.8) is 0 Å². The van der Waals surface area contributed by atoms with E-state index in [1.165, 1.54) is 4.68 Å². The Morgan fingerprint density at radius 1 is 1.47 bits per heavy atom. The minimum absolute atomic E-state index is 0.0750. The predicted molar refractivity (Wildman–Crippen MR) is 70.0 cm³/mol. The van der Waals surface area contributed by atoms with Gasteiger partial charge in [-0.3, -0.25) is 4.79 Å². The van der Waals surface area contributed by atoms with E-state index in [0.29, 0.717) is 23.6 Å². The minimum Gasteiger partial charge on any atom is -0.496 e. The summed E-state index contributed by atoms with van der Waals surface area (Å²) >= 11 is 0. The molecule has 19 heavy (non-hydrogen) atoms. The van der Waals surface area contributed by atoms with Crippen LogP contribution in [0.25, 0.3) is 0 Å². The number of carbonyl (C=O) groups is 1. The Morgan fingerprint density at radius 3 is 2.89 bits per heavy atom. The lowest BCUT2D eigenvalue weighted by molar-refractivity contribution is 0.0964. The first-order valence-corrected chi connectivity index (χ1v) is 5.91. The fourth-order valence-electron chi connectivity index (χ4n) is 1.78. The lowest BCUT2D eigenvalue weighted by Gasteiger charge is -2.08. The van der Waals surface area contributed by atoms with Crippen molar-refractivity contribution in [3.05, 3.63) is 41.2 Å². The Labute approximate surface area is 111 Å². The average Bonchev–Trinajstić information content (AvgIpc) is 2.86. The molecular formula is C13H16N4O2. The largest absolute Gasteiger partial charge is 0.496 e. The first kappa shape index (κ1) is 13.2. The number of methoxy groups -OCH3 is 1. The van der Waals surface area contributed by atoms with Gasteiger partial charge >= 0.3 is 0 Å². The van der Waals surface area contributed by atoms with Gasteiger partial charge in [-0.25, -0.2) is 4.68 Å². The molecule has 0 aliphatic rings. The van der Waals surface area contributed by atoms with Gasteiger partial charge in [-0.1, -0.05) is 16.8 Å². The zero-order valence-corrected chi connectivity index (χ0v) is 11.0. The number of aromatic nitrogens is 3. The number of carbonyl (C=O) groups excluding carboxylic acids is 1. The maximum Gasteiger partial charge on any atom is 0.188 e. The van der Waals surface area contributed by atoms with Crippen molar-refractivity contribution >= 4 is 5.78 Å². The van der Waals surface area contributed by atoms with E-state index < -0.39 is 0 Å². The molecule has 0 aliphatic carbocycles. The lowest BCUT2D eigenvalue weighted by atomic mass is 10.1. The van der Waals surface area contributed by atoms with Crippen LogP contribution in [0.15, 0.2) is 24.4 Å². The van der Waals surface area contributed by atoms with Crippen molar-refractivity contribution in [2.24, 2.45) is 5.73 Å². The van der Waals surface area contributed by atoms with E-state index in [2.05, 4.69) is 10.3 Å². The van der Waals surface area contributed by atoms with E-state index >= 15 is 0 Å². The molecule has 0 radical (unpaired) electrons. The van der Waals surface area contributed by atoms with Gasteiger partial charge in [-0.2, -0.15) is 0 Å². The first-order chi connectivity index (χ1) is 9.13. The predicted octanol–water partition coefficient (Wildman–Crippen LogP) is 0.937. The van der Waals surface area contributed by atoms with Crippen LogP contribution in [0.5, 0.6) is 5.75 Å². The molecule has 1 aromatic heterocycles. The topological polar surface area (TPSA) is 83.0 Å². The van der Waals surface area contributed by atoms with Gasteiger partial charge in [-0.05, 0) is 19.1 Å². The maximum absolute atomic E-state index is 12.2. The molecule has 0 saturated carbocycles. The van der Waals surface area contributed by atoms with Crippen LogP contribution in [0, 0.1) is 6.92 Å². The summed E-state index contributed by atoms with van der Waals surface area (Å²) in [5.41, 5.74) is 7.66. The SMILES string of the molecule is COc1ccc(C)cc1C(=O)Cn1cc(CN)nn1. The van der Waals surface area contributed by atoms with Crippen molar-refractivity contribution in [1.82, 2.24) is 15.0 Å². The highest BCUT2D eigenvalue weighted by atomic mass is 16.5. The van der Waals surface area contributed by atoms with Crippen LogP contribution in [0.1, 0.15) is 21.6 Å². The van der Waals surface area contributed by atoms with Crippen molar-refractivity contribution in [1.29, 1.82) is 0 Å². The van der Waals surface area contributed by atoms with E-state index in [9.17, 15) is 4.79 Å². The minimum atomic E-state index is -0.0750. The third kappa shape index (κ3) is 2.97. The molecule has 0 fully saturated rings. The molecule has 100 valence electrons. The molecule has 1 heterocycles. The summed E-state index contributed by atoms with van der Waals surface area (Å²) < 4.78 is 6.68. The first-order valence-electron chi connectivity index (χ1n) is 5.91. The molecule has 0 bridgehead atoms. The molecule has 0 aliphatic heterocycles. The molecular weight excluding hydrogens is 244 g/mol. The van der Waals surface area contributed by atoms with Crippen LogP contribution >= 0.6 is 0 Å². The van der Waals surface area contributed by atoms with E-state index in [1.807, 2.05) is 19.1 Å². The number of rotatable bonds is 5. The highest BCUT2D eigenvalue weighted by Crippen LogP contribution is 2.20. The quantitative estimate of drug-likeness (QED) is 0.809. The second kappa shape index (κ2) is 5.62. The molecule has 0 spiro atoms. The Hall–Kier alpha value is -2.21. The van der Waals surface area contributed by atoms with Crippen molar-refractivity contribution in [2.75, 3.05) is 7.11 Å². The van der Waals surface area contributed by atoms with Crippen LogP contribution in [-0.2, 0) is 13.1 Å². The van der Waals surface area contributed by atoms with Gasteiger partial charge in [0.05, 0.1) is 24.6 Å². The van der Waals surface area contributed by atoms with Crippen LogP contribution in [0.4, 0.5) is 0 Å². The van der Waals surface area contributed by atoms with Crippen LogP contribution < -0.4 is 10.5 Å². The number of nitrogens with two attached hydrogens (primary N) is 1. The zero-order valence-electron chi connectivity index (χ0n) is 11.0. The molecule has 2 aromatic rings. The monoisotopic (exact) mass is 260 g/mol. The van der Waals surface area contributed by atoms with Gasteiger partial charge in [0.2, 0.25) is 0 Å². The molecule has 6 nitrogen and oxygen atoms in total. The van der Waals surface area contributed by atoms with Gasteiger partial charge < -0.3 is 10.5 Å². The number of Topliss-reactive ketones (excluding diaryl/α,β-unsaturated/α-hetero) is 1. The highest BCUT2D eigenvalue weighted by molar-refractivity contribution is 5.98. The molecule has 0 saturated heterocycles. The lowest BCUT2D eigenvalue weighted by Crippen LogP contribution is -2.12. The van der Waals surface area contributed by atoms with Gasteiger partial charge in [-0.15, -0.1) is 5.10 Å². The Balaban J connectivity index is 2.21. The molecule has 1 aromatic carbocycles. The van der Waals surface area contributed by atoms with Gasteiger partial charge in [0.1, 0.15) is 12.3 Å². The van der Waals surface area contributed by atoms with Crippen molar-refractivity contribution < 1.29 is 9.53 Å². The molecule has 2 N–H and O–H groups in total. The number of benzene rings is 1. The standard InChI is InChI=1S/C13H16N4O2/c1-9-3-4-13(19-2)11(5-9)12(18)8-17-7-10(6-14)15-16-17/h3-5,7H,6,8,14H2,1-2H3. The smallest absolute Gasteiger partial charge is 0.188 e. The zero-order chi connectivity index (χ0) is 13.8. The summed E-state index contributed by atoms with van der Waals surface area (Å²) in [5.74, 6) is 0.490. The molecule has 2 rings (SSSR count). The van der Waals surface area contributed by atoms with E-state index in [-0.39, 0.29) is 12.3 Å². The normalized spacial score (nSPS) is 10.5. The van der Waals surface area contributed by atoms with Gasteiger partial charge in [0.25, 0.3) is 0 Å². The third-order valence-electron chi connectivity index (χ3n) is 2.76. The second-order valence-corrected chi connectivity index (χ2v) is 4.24. The number of nitrogens with zero attached hydrogens (tertiary/aromatic N) is 3. The molecule has 6 heteroatoms. The number of hydrogen-bond donors (Lipinski definition) is 1. The Bertz CT molecular complexity index is 592. The molecule has 0 unspecified atom stereocenters. The summed E-state index contributed by atoms with van der Waals surface area (Å²) in [5, 5.41) is 7.70. The van der Waals surface area contributed by atoms with Gasteiger partial charge in [0, 0.05) is 6.54 Å². The number of ketones is 1. The molecule has 0 amide bonds. The summed E-state index contributed by atoms with van der Waals surface area (Å²) in [6, 6.07) is 5.49. The summed E-state index contributed by atoms with van der Waals surface area (Å²) in [7, 11) is 1.55. The number of ether oxygens (including phenoxy) is 1. The van der Waals surface area contributed by atoms with Crippen LogP contribution in [0.3, 0.4) is 0 Å². The van der Waals surface area contributed by atoms with Crippen molar-refractivity contribution in [2.45, 2.75) is 20.0 Å². The Morgan fingerprint density at radius 2 is 2.26 bits per heavy atom. The maximum atomic E-state index is 12.2. The van der Waals surface area contributed by atoms with Crippen molar-refractivity contribution in [3.8, 4) is 5.75 Å². The number of hydrogen-bond acceptors (Lipinski definition) is 5. The number of aryl methyl sites for hydroxylation is 1. The fraction of sp³-hybridized carbons (Fsp3) is 0.308.